The molecule has 2 aromatic rings. The number of carbonyl (C=O) groups is 1. The number of hydrogen-bond donors (Lipinski definition) is 1. The van der Waals surface area contributed by atoms with Gasteiger partial charge < -0.3 is 5.32 Å². The zero-order chi connectivity index (χ0) is 19.4. The maximum Gasteiger partial charge on any atom is 0.261 e. The van der Waals surface area contributed by atoms with Crippen LogP contribution in [0.1, 0.15) is 33.1 Å². The SMILES string of the molecule is CC1CCN([C@@H](C)CNC(=O)CCn2cnc3ccc(Br)cc3c2=O)CC1. The van der Waals surface area contributed by atoms with Crippen LogP contribution in [-0.2, 0) is 11.3 Å². The third-order valence-corrected chi connectivity index (χ3v) is 5.90. The molecule has 27 heavy (non-hydrogen) atoms. The van der Waals surface area contributed by atoms with Crippen LogP contribution in [0.15, 0.2) is 33.8 Å². The van der Waals surface area contributed by atoms with Crippen molar-refractivity contribution in [3.63, 3.8) is 0 Å². The minimum atomic E-state index is -0.120. The highest BCUT2D eigenvalue weighted by Gasteiger charge is 2.20. The van der Waals surface area contributed by atoms with Crippen molar-refractivity contribution in [3.05, 3.63) is 39.4 Å². The predicted octanol–water partition coefficient (Wildman–Crippen LogP) is 2.79. The molecule has 1 fully saturated rings. The molecular formula is C20H27BrN4O2. The van der Waals surface area contributed by atoms with Gasteiger partial charge in [0.1, 0.15) is 0 Å². The number of halogens is 1. The first kappa shape index (κ1) is 20.0. The molecule has 1 aromatic carbocycles. The van der Waals surface area contributed by atoms with E-state index in [4.69, 9.17) is 0 Å². The Morgan fingerprint density at radius 3 is 2.85 bits per heavy atom. The molecule has 2 heterocycles. The van der Waals surface area contributed by atoms with Gasteiger partial charge in [0.05, 0.1) is 17.2 Å². The highest BCUT2D eigenvalue weighted by Crippen LogP contribution is 2.17. The van der Waals surface area contributed by atoms with Crippen molar-refractivity contribution in [1.82, 2.24) is 19.8 Å². The zero-order valence-corrected chi connectivity index (χ0v) is 17.5. The Balaban J connectivity index is 1.51. The fraction of sp³-hybridized carbons (Fsp3) is 0.550. The number of rotatable bonds is 6. The Bertz CT molecular complexity index is 859. The quantitative estimate of drug-likeness (QED) is 0.758. The minimum absolute atomic E-state index is 0.0338. The number of aromatic nitrogens is 2. The van der Waals surface area contributed by atoms with Crippen molar-refractivity contribution in [3.8, 4) is 0 Å². The van der Waals surface area contributed by atoms with Crippen LogP contribution in [-0.4, -0.2) is 46.0 Å². The van der Waals surface area contributed by atoms with Crippen LogP contribution in [0.3, 0.4) is 0 Å². The van der Waals surface area contributed by atoms with Gasteiger partial charge in [0.2, 0.25) is 5.91 Å². The van der Waals surface area contributed by atoms with E-state index in [1.165, 1.54) is 23.7 Å². The minimum Gasteiger partial charge on any atom is -0.354 e. The number of nitrogens with one attached hydrogen (secondary N) is 1. The van der Waals surface area contributed by atoms with Crippen molar-refractivity contribution >= 4 is 32.7 Å². The van der Waals surface area contributed by atoms with Crippen molar-refractivity contribution in [2.24, 2.45) is 5.92 Å². The van der Waals surface area contributed by atoms with Crippen LogP contribution < -0.4 is 10.9 Å². The summed E-state index contributed by atoms with van der Waals surface area (Å²) in [5.41, 5.74) is 0.540. The topological polar surface area (TPSA) is 67.2 Å². The molecule has 0 radical (unpaired) electrons. The van der Waals surface area contributed by atoms with E-state index in [-0.39, 0.29) is 17.9 Å². The van der Waals surface area contributed by atoms with E-state index in [9.17, 15) is 9.59 Å². The first-order valence-electron chi connectivity index (χ1n) is 9.59. The summed E-state index contributed by atoms with van der Waals surface area (Å²) in [5, 5.41) is 3.56. The van der Waals surface area contributed by atoms with Crippen molar-refractivity contribution in [1.29, 1.82) is 0 Å². The molecule has 1 saturated heterocycles. The van der Waals surface area contributed by atoms with E-state index in [1.807, 2.05) is 6.07 Å². The van der Waals surface area contributed by atoms with Gasteiger partial charge in [-0.15, -0.1) is 0 Å². The van der Waals surface area contributed by atoms with E-state index in [1.54, 1.807) is 12.1 Å². The predicted molar refractivity (Wildman–Crippen MR) is 111 cm³/mol. The van der Waals surface area contributed by atoms with Crippen LogP contribution >= 0.6 is 15.9 Å². The maximum atomic E-state index is 12.6. The van der Waals surface area contributed by atoms with Crippen LogP contribution in [0.5, 0.6) is 0 Å². The molecule has 1 aromatic heterocycles. The summed E-state index contributed by atoms with van der Waals surface area (Å²) in [7, 11) is 0. The molecule has 1 aliphatic heterocycles. The lowest BCUT2D eigenvalue weighted by Gasteiger charge is -2.35. The monoisotopic (exact) mass is 434 g/mol. The summed E-state index contributed by atoms with van der Waals surface area (Å²) < 4.78 is 2.34. The number of carbonyl (C=O) groups excluding carboxylic acids is 1. The lowest BCUT2D eigenvalue weighted by atomic mass is 9.98. The molecule has 1 amide bonds. The zero-order valence-electron chi connectivity index (χ0n) is 15.9. The molecule has 1 N–H and O–H groups in total. The highest BCUT2D eigenvalue weighted by molar-refractivity contribution is 9.10. The number of piperidine rings is 1. The number of benzene rings is 1. The average Bonchev–Trinajstić information content (AvgIpc) is 2.66. The Labute approximate surface area is 168 Å². The van der Waals surface area contributed by atoms with Gasteiger partial charge in [-0.3, -0.25) is 19.1 Å². The molecule has 0 unspecified atom stereocenters. The first-order chi connectivity index (χ1) is 12.9. The van der Waals surface area contributed by atoms with Gasteiger partial charge in [-0.2, -0.15) is 0 Å². The van der Waals surface area contributed by atoms with E-state index in [2.05, 4.69) is 45.0 Å². The van der Waals surface area contributed by atoms with Gasteiger partial charge in [-0.05, 0) is 57.0 Å². The molecule has 3 rings (SSSR count). The first-order valence-corrected chi connectivity index (χ1v) is 10.4. The largest absolute Gasteiger partial charge is 0.354 e. The molecule has 1 aliphatic rings. The van der Waals surface area contributed by atoms with Gasteiger partial charge in [0.15, 0.2) is 0 Å². The van der Waals surface area contributed by atoms with Crippen molar-refractivity contribution in [2.45, 2.75) is 45.7 Å². The second-order valence-electron chi connectivity index (χ2n) is 7.53. The second kappa shape index (κ2) is 8.97. The molecule has 6 nitrogen and oxygen atoms in total. The summed E-state index contributed by atoms with van der Waals surface area (Å²) >= 11 is 3.38. The number of likely N-dealkylation sites (tertiary alicyclic amines) is 1. The third-order valence-electron chi connectivity index (χ3n) is 5.40. The lowest BCUT2D eigenvalue weighted by molar-refractivity contribution is -0.121. The normalized spacial score (nSPS) is 17.1. The van der Waals surface area contributed by atoms with Crippen LogP contribution in [0.25, 0.3) is 10.9 Å². The molecule has 1 atom stereocenters. The van der Waals surface area contributed by atoms with Gasteiger partial charge in [0, 0.05) is 30.0 Å². The number of fused-ring (bicyclic) bond motifs is 1. The summed E-state index contributed by atoms with van der Waals surface area (Å²) in [5.74, 6) is 0.769. The Hall–Kier alpha value is -1.73. The van der Waals surface area contributed by atoms with Crippen LogP contribution in [0, 0.1) is 5.92 Å². The van der Waals surface area contributed by atoms with Crippen molar-refractivity contribution < 1.29 is 4.79 Å². The lowest BCUT2D eigenvalue weighted by Crippen LogP contribution is -2.45. The van der Waals surface area contributed by atoms with E-state index in [0.29, 0.717) is 30.0 Å². The Kier molecular flexibility index (Phi) is 6.65. The van der Waals surface area contributed by atoms with Crippen LogP contribution in [0.4, 0.5) is 0 Å². The van der Waals surface area contributed by atoms with Crippen molar-refractivity contribution in [2.75, 3.05) is 19.6 Å². The fourth-order valence-electron chi connectivity index (χ4n) is 3.46. The van der Waals surface area contributed by atoms with E-state index in [0.717, 1.165) is 23.5 Å². The smallest absolute Gasteiger partial charge is 0.261 e. The molecule has 0 saturated carbocycles. The number of nitrogens with zero attached hydrogens (tertiary/aromatic N) is 3. The molecule has 0 spiro atoms. The Morgan fingerprint density at radius 2 is 2.11 bits per heavy atom. The Morgan fingerprint density at radius 1 is 1.37 bits per heavy atom. The fourth-order valence-corrected chi connectivity index (χ4v) is 3.82. The van der Waals surface area contributed by atoms with Gasteiger partial charge in [-0.1, -0.05) is 22.9 Å². The summed E-state index contributed by atoms with van der Waals surface area (Å²) in [6, 6.07) is 5.77. The third kappa shape index (κ3) is 5.17. The van der Waals surface area contributed by atoms with Gasteiger partial charge >= 0.3 is 0 Å². The maximum absolute atomic E-state index is 12.6. The summed E-state index contributed by atoms with van der Waals surface area (Å²) in [6.07, 6.45) is 4.24. The standard InChI is InChI=1S/C20H27BrN4O2/c1-14-5-8-24(9-6-14)15(2)12-22-19(26)7-10-25-13-23-18-4-3-16(21)11-17(18)20(25)27/h3-4,11,13-15H,5-10,12H2,1-2H3,(H,22,26)/t15-/m0/s1. The van der Waals surface area contributed by atoms with E-state index >= 15 is 0 Å². The van der Waals surface area contributed by atoms with Gasteiger partial charge in [0.25, 0.3) is 5.56 Å². The molecule has 0 bridgehead atoms. The highest BCUT2D eigenvalue weighted by atomic mass is 79.9. The number of amides is 1. The van der Waals surface area contributed by atoms with E-state index < -0.39 is 0 Å². The second-order valence-corrected chi connectivity index (χ2v) is 8.44. The molecule has 0 aliphatic carbocycles. The summed E-state index contributed by atoms with van der Waals surface area (Å²) in [6.45, 7) is 7.64. The molecular weight excluding hydrogens is 408 g/mol. The molecule has 146 valence electrons. The average molecular weight is 435 g/mol. The summed E-state index contributed by atoms with van der Waals surface area (Å²) in [4.78, 5) is 31.5. The number of hydrogen-bond acceptors (Lipinski definition) is 4. The van der Waals surface area contributed by atoms with Crippen LogP contribution in [0.2, 0.25) is 0 Å². The number of aryl methyl sites for hydroxylation is 1. The molecule has 7 heteroatoms. The van der Waals surface area contributed by atoms with Gasteiger partial charge in [-0.25, -0.2) is 4.98 Å².